The monoisotopic (exact) mass is 498 g/mol. The molecule has 0 fully saturated rings. The van der Waals surface area contributed by atoms with Crippen molar-refractivity contribution in [3.05, 3.63) is 69.5 Å². The van der Waals surface area contributed by atoms with Gasteiger partial charge in [-0.2, -0.15) is 0 Å². The van der Waals surface area contributed by atoms with Crippen LogP contribution in [0.2, 0.25) is 0 Å². The minimum absolute atomic E-state index is 0. The molecular formula is C19H16BrN4NaO6. The van der Waals surface area contributed by atoms with E-state index in [-0.39, 0.29) is 80.9 Å². The van der Waals surface area contributed by atoms with Crippen molar-refractivity contribution in [3.8, 4) is 11.5 Å². The Morgan fingerprint density at radius 1 is 1.06 bits per heavy atom. The summed E-state index contributed by atoms with van der Waals surface area (Å²) in [4.78, 5) is 46.4. The van der Waals surface area contributed by atoms with Crippen LogP contribution in [0.1, 0.15) is 17.4 Å². The van der Waals surface area contributed by atoms with Gasteiger partial charge in [0.05, 0.1) is 12.0 Å². The summed E-state index contributed by atoms with van der Waals surface area (Å²) in [5.41, 5.74) is -1.09. The number of carbonyl (C=O) groups excluding carboxylic acids is 1. The van der Waals surface area contributed by atoms with Crippen LogP contribution in [0.5, 0.6) is 11.5 Å². The number of fused-ring (bicyclic) bond motifs is 2. The third-order valence-corrected chi connectivity index (χ3v) is 3.94. The third-order valence-electron chi connectivity index (χ3n) is 3.94. The molecule has 10 nitrogen and oxygen atoms in total. The molecule has 0 unspecified atom stereocenters. The first kappa shape index (κ1) is 26.3. The Hall–Kier alpha value is -2.73. The number of ether oxygens (including phenoxy) is 1. The summed E-state index contributed by atoms with van der Waals surface area (Å²) in [5, 5.41) is 22.4. The number of aromatic amines is 2. The number of hydrogen-bond donors (Lipinski definition) is 3. The van der Waals surface area contributed by atoms with E-state index in [1.807, 2.05) is 0 Å². The van der Waals surface area contributed by atoms with Gasteiger partial charge in [-0.1, -0.05) is 5.75 Å². The summed E-state index contributed by atoms with van der Waals surface area (Å²) in [6.07, 6.45) is 6.89. The van der Waals surface area contributed by atoms with Gasteiger partial charge in [-0.25, -0.2) is 4.79 Å². The molecule has 0 radical (unpaired) electrons. The second kappa shape index (κ2) is 11.6. The molecule has 0 bridgehead atoms. The van der Waals surface area contributed by atoms with Crippen LogP contribution in [0.25, 0.3) is 21.5 Å². The van der Waals surface area contributed by atoms with Crippen LogP contribution in [0.3, 0.4) is 0 Å². The molecule has 4 heterocycles. The predicted molar refractivity (Wildman–Crippen MR) is 112 cm³/mol. The fraction of sp³-hybridized carbons (Fsp3) is 0.105. The van der Waals surface area contributed by atoms with Crippen LogP contribution >= 0.6 is 17.0 Å². The molecule has 3 N–H and O–H groups in total. The fourth-order valence-electron chi connectivity index (χ4n) is 2.58. The summed E-state index contributed by atoms with van der Waals surface area (Å²) in [6.45, 7) is 1.74. The number of halogens is 1. The molecule has 0 amide bonds. The van der Waals surface area contributed by atoms with Crippen LogP contribution in [0.15, 0.2) is 52.7 Å². The molecule has 4 aromatic rings. The zero-order valence-electron chi connectivity index (χ0n) is 16.5. The van der Waals surface area contributed by atoms with Crippen LogP contribution < -0.4 is 45.8 Å². The second-order valence-corrected chi connectivity index (χ2v) is 5.72. The number of nitrogens with one attached hydrogen (secondary N) is 2. The second-order valence-electron chi connectivity index (χ2n) is 5.72. The number of hydrogen-bond acceptors (Lipinski definition) is 8. The quantitative estimate of drug-likeness (QED) is 0.219. The number of esters is 1. The zero-order valence-corrected chi connectivity index (χ0v) is 20.3. The van der Waals surface area contributed by atoms with Crippen molar-refractivity contribution >= 4 is 44.5 Å². The molecule has 0 saturated heterocycles. The van der Waals surface area contributed by atoms with Crippen molar-refractivity contribution < 1.29 is 49.3 Å². The van der Waals surface area contributed by atoms with Gasteiger partial charge in [0.1, 0.15) is 11.4 Å². The van der Waals surface area contributed by atoms with Gasteiger partial charge in [-0.15, -0.1) is 17.0 Å². The standard InChI is InChI=1S/C11H10N2O4.C8H6N2O2.BrH.Na/c1-2-17-11(16)8-9(14)7-5-12-4-3-6(7)10(15)13-8;11-7-4-10-8(12)5-1-2-9-3-6(5)7;;/h3-5,14H,2H2,1H3,(H,13,15);1-4,11H,(H,10,12);1H;/q;;;+1/p-1. The summed E-state index contributed by atoms with van der Waals surface area (Å²) in [6, 6.07) is 2.98. The smallest absolute Gasteiger partial charge is 0.870 e. The molecule has 156 valence electrons. The van der Waals surface area contributed by atoms with Gasteiger partial charge in [0.25, 0.3) is 11.1 Å². The number of H-pyrrole nitrogens is 2. The molecule has 0 saturated carbocycles. The Morgan fingerprint density at radius 3 is 2.23 bits per heavy atom. The number of rotatable bonds is 2. The summed E-state index contributed by atoms with van der Waals surface area (Å²) in [5.74, 6) is -1.37. The number of nitrogens with zero attached hydrogens (tertiary/aromatic N) is 2. The van der Waals surface area contributed by atoms with E-state index in [1.54, 1.807) is 13.0 Å². The van der Waals surface area contributed by atoms with Gasteiger partial charge in [0, 0.05) is 41.8 Å². The van der Waals surface area contributed by atoms with Gasteiger partial charge in [-0.05, 0) is 24.4 Å². The van der Waals surface area contributed by atoms with E-state index in [1.165, 1.54) is 37.1 Å². The molecule has 4 rings (SSSR count). The first-order valence-electron chi connectivity index (χ1n) is 8.42. The zero-order chi connectivity index (χ0) is 21.0. The average molecular weight is 499 g/mol. The molecule has 0 aliphatic carbocycles. The van der Waals surface area contributed by atoms with E-state index in [9.17, 15) is 24.6 Å². The Labute approximate surface area is 207 Å². The van der Waals surface area contributed by atoms with Crippen molar-refractivity contribution in [2.45, 2.75) is 6.92 Å². The Kier molecular flexibility index (Phi) is 9.85. The number of carbonyl (C=O) groups is 1. The van der Waals surface area contributed by atoms with Crippen LogP contribution in [-0.4, -0.2) is 37.6 Å². The van der Waals surface area contributed by atoms with E-state index in [0.29, 0.717) is 10.8 Å². The first-order chi connectivity index (χ1) is 13.9. The van der Waals surface area contributed by atoms with Gasteiger partial charge in [-0.3, -0.25) is 19.6 Å². The average Bonchev–Trinajstić information content (AvgIpc) is 2.74. The molecule has 0 aromatic carbocycles. The van der Waals surface area contributed by atoms with E-state index in [2.05, 4.69) is 24.7 Å². The minimum Gasteiger partial charge on any atom is -0.870 e. The van der Waals surface area contributed by atoms with Gasteiger partial charge in [0.15, 0.2) is 0 Å². The maximum Gasteiger partial charge on any atom is 1.00 e. The Morgan fingerprint density at radius 2 is 1.65 bits per heavy atom. The normalized spacial score (nSPS) is 9.71. The van der Waals surface area contributed by atoms with E-state index in [0.717, 1.165) is 0 Å². The Bertz CT molecular complexity index is 1320. The maximum atomic E-state index is 11.9. The van der Waals surface area contributed by atoms with Crippen LogP contribution in [0.4, 0.5) is 0 Å². The van der Waals surface area contributed by atoms with Gasteiger partial charge >= 0.3 is 35.5 Å². The predicted octanol–water partition coefficient (Wildman–Crippen LogP) is -1.62. The molecule has 0 aliphatic heterocycles. The van der Waals surface area contributed by atoms with Crippen LogP contribution in [-0.2, 0) is 4.74 Å². The van der Waals surface area contributed by atoms with Crippen molar-refractivity contribution in [1.29, 1.82) is 0 Å². The molecule has 0 atom stereocenters. The molecule has 4 aromatic heterocycles. The van der Waals surface area contributed by atoms with E-state index >= 15 is 0 Å². The molecule has 0 aliphatic rings. The fourth-order valence-corrected chi connectivity index (χ4v) is 2.58. The topological polar surface area (TPSA) is 161 Å². The largest absolute Gasteiger partial charge is 1.00 e. The SMILES string of the molecule is Br.CCOC(=O)c1[nH]c(=O)c2ccncc2c1[O-].O=c1[nH]cc(O)c2cnccc12.[Na+]. The molecule has 0 spiro atoms. The van der Waals surface area contributed by atoms with E-state index < -0.39 is 17.3 Å². The first-order valence-corrected chi connectivity index (χ1v) is 8.42. The van der Waals surface area contributed by atoms with E-state index in [4.69, 9.17) is 0 Å². The number of pyridine rings is 4. The Balaban J connectivity index is 0.000000305. The van der Waals surface area contributed by atoms with Crippen molar-refractivity contribution in [3.63, 3.8) is 0 Å². The van der Waals surface area contributed by atoms with Crippen molar-refractivity contribution in [1.82, 2.24) is 19.9 Å². The van der Waals surface area contributed by atoms with Gasteiger partial charge < -0.3 is 24.9 Å². The molecular weight excluding hydrogens is 483 g/mol. The number of aromatic nitrogens is 4. The van der Waals surface area contributed by atoms with Crippen molar-refractivity contribution in [2.24, 2.45) is 0 Å². The maximum absolute atomic E-state index is 11.9. The van der Waals surface area contributed by atoms with Gasteiger partial charge in [0.2, 0.25) is 0 Å². The summed E-state index contributed by atoms with van der Waals surface area (Å²) < 4.78 is 4.68. The molecule has 31 heavy (non-hydrogen) atoms. The minimum atomic E-state index is -0.833. The van der Waals surface area contributed by atoms with Crippen LogP contribution in [0, 0.1) is 0 Å². The summed E-state index contributed by atoms with van der Waals surface area (Å²) in [7, 11) is 0. The molecule has 12 heteroatoms. The summed E-state index contributed by atoms with van der Waals surface area (Å²) >= 11 is 0. The van der Waals surface area contributed by atoms with Crippen molar-refractivity contribution in [2.75, 3.05) is 6.61 Å². The third kappa shape index (κ3) is 5.70. The number of aromatic hydroxyl groups is 1.